The minimum atomic E-state index is -0.532. The Bertz CT molecular complexity index is 1100. The molecule has 2 heterocycles. The quantitative estimate of drug-likeness (QED) is 0.338. The summed E-state index contributed by atoms with van der Waals surface area (Å²) in [6, 6.07) is 4.59. The van der Waals surface area contributed by atoms with Crippen molar-refractivity contribution < 1.29 is 14.1 Å². The highest BCUT2D eigenvalue weighted by Gasteiger charge is 2.17. The molecule has 1 aromatic carbocycles. The summed E-state index contributed by atoms with van der Waals surface area (Å²) in [5.41, 5.74) is 2.20. The lowest BCUT2D eigenvalue weighted by Crippen LogP contribution is -2.35. The molecule has 12 heteroatoms. The van der Waals surface area contributed by atoms with Crippen LogP contribution in [-0.4, -0.2) is 44.8 Å². The fourth-order valence-electron chi connectivity index (χ4n) is 2.57. The molecule has 0 fully saturated rings. The van der Waals surface area contributed by atoms with E-state index in [-0.39, 0.29) is 29.9 Å². The van der Waals surface area contributed by atoms with Crippen LogP contribution in [0.5, 0.6) is 0 Å². The summed E-state index contributed by atoms with van der Waals surface area (Å²) >= 11 is 14.0. The Hall–Kier alpha value is -2.18. The molecule has 2 amide bonds. The van der Waals surface area contributed by atoms with Crippen LogP contribution in [-0.2, 0) is 6.54 Å². The molecule has 0 unspecified atom stereocenters. The van der Waals surface area contributed by atoms with Crippen LogP contribution in [0.2, 0.25) is 10.0 Å². The second-order valence-electron chi connectivity index (χ2n) is 6.29. The van der Waals surface area contributed by atoms with Gasteiger partial charge in [-0.05, 0) is 54.6 Å². The molecule has 3 aromatic rings. The van der Waals surface area contributed by atoms with Crippen LogP contribution in [0.25, 0.3) is 0 Å². The van der Waals surface area contributed by atoms with Crippen molar-refractivity contribution in [1.29, 1.82) is 0 Å². The topological polar surface area (TPSA) is 115 Å². The van der Waals surface area contributed by atoms with E-state index in [0.29, 0.717) is 23.0 Å². The average Bonchev–Trinajstić information content (AvgIpc) is 3.26. The molecule has 9 nitrogen and oxygen atoms in total. The van der Waals surface area contributed by atoms with Gasteiger partial charge in [0.1, 0.15) is 6.54 Å². The number of halogens is 3. The first-order chi connectivity index (χ1) is 14.3. The molecule has 0 atom stereocenters. The molecule has 0 saturated heterocycles. The summed E-state index contributed by atoms with van der Waals surface area (Å²) in [5, 5.41) is 14.2. The third-order valence-electron chi connectivity index (χ3n) is 4.12. The minimum Gasteiger partial charge on any atom is -0.350 e. The van der Waals surface area contributed by atoms with Gasteiger partial charge in [-0.25, -0.2) is 0 Å². The third kappa shape index (κ3) is 5.29. The van der Waals surface area contributed by atoms with Gasteiger partial charge in [0.2, 0.25) is 0 Å². The Labute approximate surface area is 195 Å². The Morgan fingerprint density at radius 2 is 1.87 bits per heavy atom. The number of nitrogens with zero attached hydrogens (tertiary/aromatic N) is 4. The summed E-state index contributed by atoms with van der Waals surface area (Å²) in [7, 11) is 0. The number of hydrogen-bond acceptors (Lipinski definition) is 6. The van der Waals surface area contributed by atoms with Crippen molar-refractivity contribution in [2.45, 2.75) is 20.4 Å². The molecular weight excluding hydrogens is 546 g/mol. The lowest BCUT2D eigenvalue weighted by Gasteiger charge is -2.07. The predicted molar refractivity (Wildman–Crippen MR) is 119 cm³/mol. The average molecular weight is 563 g/mol. The standard InChI is InChI=1S/C18H17Cl2IN6O3/c1-9-15(21)10(2)27(25-9)8-14-24-18(30-26-14)17(29)23-6-5-22-16(28)12-4-3-11(19)7-13(12)20/h3-4,7H,5-6,8H2,1-2H3,(H,22,28)(H,23,29). The van der Waals surface area contributed by atoms with Crippen LogP contribution in [0.15, 0.2) is 22.7 Å². The highest BCUT2D eigenvalue weighted by atomic mass is 127. The van der Waals surface area contributed by atoms with E-state index >= 15 is 0 Å². The molecule has 2 N–H and O–H groups in total. The largest absolute Gasteiger partial charge is 0.350 e. The SMILES string of the molecule is Cc1nn(Cc2noc(C(=O)NCCNC(=O)c3ccc(Cl)cc3Cl)n2)c(C)c1I. The van der Waals surface area contributed by atoms with Gasteiger partial charge in [-0.2, -0.15) is 10.1 Å². The first kappa shape index (κ1) is 22.5. The zero-order valence-electron chi connectivity index (χ0n) is 16.0. The minimum absolute atomic E-state index is 0.159. The molecule has 0 spiro atoms. The maximum absolute atomic E-state index is 12.2. The van der Waals surface area contributed by atoms with Gasteiger partial charge < -0.3 is 15.2 Å². The Morgan fingerprint density at radius 3 is 2.50 bits per heavy atom. The van der Waals surface area contributed by atoms with Crippen LogP contribution in [0.1, 0.15) is 38.3 Å². The molecule has 0 aliphatic rings. The van der Waals surface area contributed by atoms with Gasteiger partial charge in [0.15, 0.2) is 5.82 Å². The van der Waals surface area contributed by atoms with Gasteiger partial charge in [-0.1, -0.05) is 28.4 Å². The van der Waals surface area contributed by atoms with Gasteiger partial charge in [-0.15, -0.1) is 0 Å². The van der Waals surface area contributed by atoms with Gasteiger partial charge in [0.25, 0.3) is 5.91 Å². The van der Waals surface area contributed by atoms with Crippen molar-refractivity contribution >= 4 is 57.6 Å². The second-order valence-corrected chi connectivity index (χ2v) is 8.22. The monoisotopic (exact) mass is 562 g/mol. The molecule has 158 valence electrons. The summed E-state index contributed by atoms with van der Waals surface area (Å²) in [6.45, 7) is 4.52. The fraction of sp³-hybridized carbons (Fsp3) is 0.278. The van der Waals surface area contributed by atoms with E-state index in [1.54, 1.807) is 10.7 Å². The van der Waals surface area contributed by atoms with E-state index in [4.69, 9.17) is 27.7 Å². The molecule has 0 aliphatic carbocycles. The summed E-state index contributed by atoms with van der Waals surface area (Å²) in [6.07, 6.45) is 0. The fourth-order valence-corrected chi connectivity index (χ4v) is 3.45. The van der Waals surface area contributed by atoms with Crippen LogP contribution >= 0.6 is 45.8 Å². The van der Waals surface area contributed by atoms with E-state index in [1.807, 2.05) is 13.8 Å². The number of rotatable bonds is 7. The van der Waals surface area contributed by atoms with Crippen LogP contribution in [0.4, 0.5) is 0 Å². The van der Waals surface area contributed by atoms with Crippen molar-refractivity contribution in [2.75, 3.05) is 13.1 Å². The number of amides is 2. The van der Waals surface area contributed by atoms with Gasteiger partial charge in [0, 0.05) is 23.8 Å². The number of hydrogen-bond donors (Lipinski definition) is 2. The maximum atomic E-state index is 12.2. The molecule has 2 aromatic heterocycles. The van der Waals surface area contributed by atoms with E-state index < -0.39 is 5.91 Å². The van der Waals surface area contributed by atoms with Crippen LogP contribution in [0, 0.1) is 17.4 Å². The first-order valence-electron chi connectivity index (χ1n) is 8.79. The number of aryl methyl sites for hydroxylation is 1. The molecule has 0 bridgehead atoms. The second kappa shape index (κ2) is 9.75. The van der Waals surface area contributed by atoms with E-state index in [2.05, 4.69) is 48.5 Å². The van der Waals surface area contributed by atoms with E-state index in [1.165, 1.54) is 12.1 Å². The maximum Gasteiger partial charge on any atom is 0.316 e. The molecule has 0 saturated carbocycles. The normalized spacial score (nSPS) is 10.8. The molecular formula is C18H17Cl2IN6O3. The zero-order chi connectivity index (χ0) is 21.8. The lowest BCUT2D eigenvalue weighted by molar-refractivity contribution is 0.0898. The summed E-state index contributed by atoms with van der Waals surface area (Å²) < 4.78 is 7.83. The summed E-state index contributed by atoms with van der Waals surface area (Å²) in [5.74, 6) is -0.720. The number of benzene rings is 1. The van der Waals surface area contributed by atoms with Gasteiger partial charge in [-0.3, -0.25) is 14.3 Å². The number of aromatic nitrogens is 4. The predicted octanol–water partition coefficient (Wildman–Crippen LogP) is 3.00. The molecule has 3 rings (SSSR count). The zero-order valence-corrected chi connectivity index (χ0v) is 19.7. The van der Waals surface area contributed by atoms with Gasteiger partial charge in [0.05, 0.1) is 19.9 Å². The lowest BCUT2D eigenvalue weighted by atomic mass is 10.2. The highest BCUT2D eigenvalue weighted by molar-refractivity contribution is 14.1. The van der Waals surface area contributed by atoms with E-state index in [0.717, 1.165) is 15.0 Å². The van der Waals surface area contributed by atoms with Gasteiger partial charge >= 0.3 is 11.8 Å². The van der Waals surface area contributed by atoms with Crippen LogP contribution < -0.4 is 10.6 Å². The summed E-state index contributed by atoms with van der Waals surface area (Å²) in [4.78, 5) is 28.4. The Balaban J connectivity index is 1.48. The number of carbonyl (C=O) groups is 2. The van der Waals surface area contributed by atoms with Crippen molar-refractivity contribution in [2.24, 2.45) is 0 Å². The number of nitrogens with one attached hydrogen (secondary N) is 2. The Kier molecular flexibility index (Phi) is 7.32. The van der Waals surface area contributed by atoms with Crippen molar-refractivity contribution in [1.82, 2.24) is 30.6 Å². The first-order valence-corrected chi connectivity index (χ1v) is 10.6. The van der Waals surface area contributed by atoms with E-state index in [9.17, 15) is 9.59 Å². The molecule has 0 radical (unpaired) electrons. The van der Waals surface area contributed by atoms with Crippen LogP contribution in [0.3, 0.4) is 0 Å². The molecule has 30 heavy (non-hydrogen) atoms. The number of carbonyl (C=O) groups excluding carboxylic acids is 2. The smallest absolute Gasteiger partial charge is 0.316 e. The highest BCUT2D eigenvalue weighted by Crippen LogP contribution is 2.20. The van der Waals surface area contributed by atoms with Crippen molar-refractivity contribution in [3.63, 3.8) is 0 Å². The van der Waals surface area contributed by atoms with Crippen molar-refractivity contribution in [3.8, 4) is 0 Å². The third-order valence-corrected chi connectivity index (χ3v) is 6.23. The molecule has 0 aliphatic heterocycles. The Morgan fingerprint density at radius 1 is 1.17 bits per heavy atom. The van der Waals surface area contributed by atoms with Crippen molar-refractivity contribution in [3.05, 3.63) is 60.5 Å².